The van der Waals surface area contributed by atoms with Gasteiger partial charge in [-0.2, -0.15) is 0 Å². The molecule has 4 heteroatoms. The number of rotatable bonds is 6. The van der Waals surface area contributed by atoms with Crippen molar-refractivity contribution in [3.8, 4) is 0 Å². The van der Waals surface area contributed by atoms with Crippen LogP contribution < -0.4 is 0 Å². The van der Waals surface area contributed by atoms with Gasteiger partial charge in [0.15, 0.2) is 0 Å². The lowest BCUT2D eigenvalue weighted by atomic mass is 10.1. The summed E-state index contributed by atoms with van der Waals surface area (Å²) in [5.74, 6) is 2.70. The van der Waals surface area contributed by atoms with Crippen LogP contribution in [-0.4, -0.2) is 9.97 Å². The highest BCUT2D eigenvalue weighted by molar-refractivity contribution is 5.38. The van der Waals surface area contributed by atoms with Crippen LogP contribution >= 0.6 is 0 Å². The smallest absolute Gasteiger partial charge is 0.218 e. The van der Waals surface area contributed by atoms with E-state index in [4.69, 9.17) is 8.83 Å². The molecule has 2 aromatic rings. The Morgan fingerprint density at radius 1 is 1.30 bits per heavy atom. The molecule has 0 aliphatic rings. The summed E-state index contributed by atoms with van der Waals surface area (Å²) in [7, 11) is 0. The fourth-order valence-electron chi connectivity index (χ4n) is 1.75. The molecule has 4 nitrogen and oxygen atoms in total. The topological polar surface area (TPSA) is 52.1 Å². The van der Waals surface area contributed by atoms with E-state index in [1.165, 1.54) is 0 Å². The number of oxazole rings is 2. The summed E-state index contributed by atoms with van der Waals surface area (Å²) >= 11 is 0. The average molecular weight is 272 g/mol. The van der Waals surface area contributed by atoms with Crippen LogP contribution in [0, 0.1) is 0 Å². The number of aromatic nitrogens is 2. The molecule has 0 aliphatic carbocycles. The number of hydrogen-bond acceptors (Lipinski definition) is 4. The minimum Gasteiger partial charge on any atom is -0.445 e. The first-order valence-electron chi connectivity index (χ1n) is 6.80. The van der Waals surface area contributed by atoms with Gasteiger partial charge in [0.25, 0.3) is 0 Å². The van der Waals surface area contributed by atoms with E-state index in [1.54, 1.807) is 18.5 Å². The maximum absolute atomic E-state index is 5.53. The van der Waals surface area contributed by atoms with Crippen molar-refractivity contribution < 1.29 is 8.83 Å². The van der Waals surface area contributed by atoms with Crippen molar-refractivity contribution in [2.45, 2.75) is 39.0 Å². The highest BCUT2D eigenvalue weighted by Crippen LogP contribution is 2.21. The van der Waals surface area contributed by atoms with Crippen LogP contribution in [0.4, 0.5) is 0 Å². The zero-order valence-corrected chi connectivity index (χ0v) is 12.2. The Kier molecular flexibility index (Phi) is 4.56. The van der Waals surface area contributed by atoms with Crippen molar-refractivity contribution >= 4 is 12.2 Å². The molecular formula is C16H20N2O2. The molecule has 0 bridgehead atoms. The van der Waals surface area contributed by atoms with E-state index in [0.717, 1.165) is 17.9 Å². The van der Waals surface area contributed by atoms with Gasteiger partial charge in [-0.15, -0.1) is 0 Å². The molecule has 1 unspecified atom stereocenters. The minimum absolute atomic E-state index is 0.256. The fourth-order valence-corrected chi connectivity index (χ4v) is 1.75. The molecule has 2 heterocycles. The van der Waals surface area contributed by atoms with Crippen LogP contribution in [0.2, 0.25) is 0 Å². The lowest BCUT2D eigenvalue weighted by Crippen LogP contribution is -1.89. The summed E-state index contributed by atoms with van der Waals surface area (Å²) in [5.41, 5.74) is 0.976. The molecule has 20 heavy (non-hydrogen) atoms. The fraction of sp³-hybridized carbons (Fsp3) is 0.375. The minimum atomic E-state index is 0.256. The van der Waals surface area contributed by atoms with Gasteiger partial charge >= 0.3 is 0 Å². The standard InChI is InChI=1S/C16H20N2O2/c1-5-15-17-9-14(20-15)12(4)7-6-8-16-18-13(10-19-16)11(2)3/h5-6,8-12H,1,7H2,2-4H3. The van der Waals surface area contributed by atoms with Crippen molar-refractivity contribution in [1.29, 1.82) is 0 Å². The maximum atomic E-state index is 5.53. The number of allylic oxidation sites excluding steroid dienone is 1. The molecule has 0 amide bonds. The molecule has 0 aromatic carbocycles. The largest absolute Gasteiger partial charge is 0.445 e. The van der Waals surface area contributed by atoms with E-state index < -0.39 is 0 Å². The molecule has 2 aromatic heterocycles. The van der Waals surface area contributed by atoms with Gasteiger partial charge in [0.1, 0.15) is 12.0 Å². The SMILES string of the molecule is C=Cc1ncc(C(C)CC=Cc2nc(C(C)C)co2)o1. The third kappa shape index (κ3) is 3.47. The van der Waals surface area contributed by atoms with E-state index in [1.807, 2.05) is 12.2 Å². The number of nitrogens with zero attached hydrogens (tertiary/aromatic N) is 2. The molecule has 0 radical (unpaired) electrons. The molecule has 0 spiro atoms. The first-order valence-corrected chi connectivity index (χ1v) is 6.80. The van der Waals surface area contributed by atoms with Crippen molar-refractivity contribution in [1.82, 2.24) is 9.97 Å². The summed E-state index contributed by atoms with van der Waals surface area (Å²) in [6.45, 7) is 9.90. The van der Waals surface area contributed by atoms with Crippen molar-refractivity contribution in [3.05, 3.63) is 48.4 Å². The Bertz CT molecular complexity index is 593. The molecule has 0 saturated heterocycles. The van der Waals surface area contributed by atoms with E-state index in [0.29, 0.717) is 17.7 Å². The van der Waals surface area contributed by atoms with E-state index in [-0.39, 0.29) is 5.92 Å². The van der Waals surface area contributed by atoms with Gasteiger partial charge in [0.2, 0.25) is 11.8 Å². The molecule has 0 saturated carbocycles. The zero-order chi connectivity index (χ0) is 14.5. The molecule has 106 valence electrons. The van der Waals surface area contributed by atoms with Crippen LogP contribution in [0.15, 0.2) is 33.9 Å². The quantitative estimate of drug-likeness (QED) is 0.769. The molecule has 0 aliphatic heterocycles. The lowest BCUT2D eigenvalue weighted by Gasteiger charge is -2.02. The Labute approximate surface area is 119 Å². The van der Waals surface area contributed by atoms with E-state index in [9.17, 15) is 0 Å². The van der Waals surface area contributed by atoms with Crippen LogP contribution in [0.3, 0.4) is 0 Å². The molecule has 0 N–H and O–H groups in total. The predicted molar refractivity (Wildman–Crippen MR) is 79.3 cm³/mol. The molecular weight excluding hydrogens is 252 g/mol. The van der Waals surface area contributed by atoms with Crippen LogP contribution in [0.5, 0.6) is 0 Å². The summed E-state index contributed by atoms with van der Waals surface area (Å²) in [5, 5.41) is 0. The summed E-state index contributed by atoms with van der Waals surface area (Å²) < 4.78 is 10.9. The highest BCUT2D eigenvalue weighted by Gasteiger charge is 2.09. The first kappa shape index (κ1) is 14.3. The normalized spacial score (nSPS) is 13.2. The summed E-state index contributed by atoms with van der Waals surface area (Å²) in [6, 6.07) is 0. The van der Waals surface area contributed by atoms with Gasteiger partial charge in [-0.25, -0.2) is 9.97 Å². The monoisotopic (exact) mass is 272 g/mol. The maximum Gasteiger partial charge on any atom is 0.218 e. The van der Waals surface area contributed by atoms with Crippen molar-refractivity contribution in [3.63, 3.8) is 0 Å². The molecule has 1 atom stereocenters. The van der Waals surface area contributed by atoms with Crippen molar-refractivity contribution in [2.24, 2.45) is 0 Å². The van der Waals surface area contributed by atoms with Crippen LogP contribution in [-0.2, 0) is 0 Å². The second-order valence-corrected chi connectivity index (χ2v) is 5.11. The van der Waals surface area contributed by atoms with Gasteiger partial charge in [0, 0.05) is 5.92 Å². The third-order valence-electron chi connectivity index (χ3n) is 3.08. The van der Waals surface area contributed by atoms with Crippen molar-refractivity contribution in [2.75, 3.05) is 0 Å². The van der Waals surface area contributed by atoms with Crippen LogP contribution in [0.25, 0.3) is 12.2 Å². The Balaban J connectivity index is 1.93. The van der Waals surface area contributed by atoms with E-state index >= 15 is 0 Å². The van der Waals surface area contributed by atoms with E-state index in [2.05, 4.69) is 37.3 Å². The Morgan fingerprint density at radius 2 is 2.10 bits per heavy atom. The highest BCUT2D eigenvalue weighted by atomic mass is 16.4. The van der Waals surface area contributed by atoms with Gasteiger partial charge in [0.05, 0.1) is 11.9 Å². The first-order chi connectivity index (χ1) is 9.60. The predicted octanol–water partition coefficient (Wildman–Crippen LogP) is 4.64. The van der Waals surface area contributed by atoms with Gasteiger partial charge in [-0.3, -0.25) is 0 Å². The zero-order valence-electron chi connectivity index (χ0n) is 12.2. The second-order valence-electron chi connectivity index (χ2n) is 5.11. The Morgan fingerprint density at radius 3 is 2.70 bits per heavy atom. The summed E-state index contributed by atoms with van der Waals surface area (Å²) in [4.78, 5) is 8.50. The Hall–Kier alpha value is -2.10. The van der Waals surface area contributed by atoms with Gasteiger partial charge < -0.3 is 8.83 Å². The van der Waals surface area contributed by atoms with Gasteiger partial charge in [-0.05, 0) is 24.5 Å². The molecule has 2 rings (SSSR count). The third-order valence-corrected chi connectivity index (χ3v) is 3.08. The molecule has 0 fully saturated rings. The van der Waals surface area contributed by atoms with Crippen LogP contribution in [0.1, 0.15) is 62.3 Å². The number of hydrogen-bond donors (Lipinski definition) is 0. The second kappa shape index (κ2) is 6.37. The van der Waals surface area contributed by atoms with Gasteiger partial charge in [-0.1, -0.05) is 33.4 Å². The average Bonchev–Trinajstić information content (AvgIpc) is 3.07. The summed E-state index contributed by atoms with van der Waals surface area (Å²) in [6.07, 6.45) is 9.83. The lowest BCUT2D eigenvalue weighted by molar-refractivity contribution is 0.464.